The molecule has 18 heavy (non-hydrogen) atoms. The summed E-state index contributed by atoms with van der Waals surface area (Å²) < 4.78 is 0. The second-order valence-electron chi connectivity index (χ2n) is 5.41. The molecule has 0 saturated heterocycles. The van der Waals surface area contributed by atoms with Crippen LogP contribution >= 0.6 is 0 Å². The van der Waals surface area contributed by atoms with Gasteiger partial charge in [0.2, 0.25) is 0 Å². The number of nitrogens with zero attached hydrogens (tertiary/aromatic N) is 1. The van der Waals surface area contributed by atoms with E-state index >= 15 is 0 Å². The Bertz CT molecular complexity index is 565. The first-order chi connectivity index (χ1) is 8.47. The smallest absolute Gasteiger partial charge is 0.195 e. The number of benzene rings is 1. The molecule has 0 aliphatic heterocycles. The molecule has 2 rings (SSSR count). The molecule has 0 spiro atoms. The Morgan fingerprint density at radius 2 is 1.94 bits per heavy atom. The van der Waals surface area contributed by atoms with Crippen LogP contribution in [-0.4, -0.2) is 22.9 Å². The lowest BCUT2D eigenvalue weighted by Gasteiger charge is -2.19. The third-order valence-corrected chi connectivity index (χ3v) is 2.72. The van der Waals surface area contributed by atoms with Gasteiger partial charge in [-0.1, -0.05) is 24.3 Å². The summed E-state index contributed by atoms with van der Waals surface area (Å²) in [6.07, 6.45) is 1.69. The van der Waals surface area contributed by atoms with E-state index in [0.717, 1.165) is 10.8 Å². The highest BCUT2D eigenvalue weighted by Gasteiger charge is 2.15. The third kappa shape index (κ3) is 2.93. The van der Waals surface area contributed by atoms with Gasteiger partial charge in [-0.25, -0.2) is 0 Å². The monoisotopic (exact) mass is 242 g/mol. The Morgan fingerprint density at radius 1 is 1.22 bits per heavy atom. The van der Waals surface area contributed by atoms with Gasteiger partial charge in [-0.2, -0.15) is 0 Å². The van der Waals surface area contributed by atoms with Crippen LogP contribution in [0, 0.1) is 0 Å². The van der Waals surface area contributed by atoms with Gasteiger partial charge in [-0.05, 0) is 32.2 Å². The SMILES string of the molecule is CC(C)(C)NCC(=O)c1nccc2ccccc12. The fourth-order valence-corrected chi connectivity index (χ4v) is 1.77. The number of ketones is 1. The molecule has 0 fully saturated rings. The van der Waals surface area contributed by atoms with Crippen molar-refractivity contribution in [2.24, 2.45) is 0 Å². The first-order valence-corrected chi connectivity index (χ1v) is 6.09. The minimum atomic E-state index is -0.0692. The zero-order valence-electron chi connectivity index (χ0n) is 11.0. The van der Waals surface area contributed by atoms with Crippen molar-refractivity contribution in [2.75, 3.05) is 6.54 Å². The van der Waals surface area contributed by atoms with E-state index in [4.69, 9.17) is 0 Å². The van der Waals surface area contributed by atoms with E-state index in [1.165, 1.54) is 0 Å². The van der Waals surface area contributed by atoms with Crippen LogP contribution in [0.4, 0.5) is 0 Å². The lowest BCUT2D eigenvalue weighted by Crippen LogP contribution is -2.39. The van der Waals surface area contributed by atoms with Crippen molar-refractivity contribution in [1.29, 1.82) is 0 Å². The van der Waals surface area contributed by atoms with Gasteiger partial charge in [-0.3, -0.25) is 9.78 Å². The largest absolute Gasteiger partial charge is 0.305 e. The van der Waals surface area contributed by atoms with Crippen molar-refractivity contribution in [3.8, 4) is 0 Å². The minimum absolute atomic E-state index is 0.0294. The second-order valence-corrected chi connectivity index (χ2v) is 5.41. The van der Waals surface area contributed by atoms with Gasteiger partial charge in [0.1, 0.15) is 5.69 Å². The van der Waals surface area contributed by atoms with Gasteiger partial charge < -0.3 is 5.32 Å². The minimum Gasteiger partial charge on any atom is -0.305 e. The number of hydrogen-bond donors (Lipinski definition) is 1. The van der Waals surface area contributed by atoms with E-state index in [2.05, 4.69) is 10.3 Å². The highest BCUT2D eigenvalue weighted by molar-refractivity contribution is 6.07. The Balaban J connectivity index is 2.28. The third-order valence-electron chi connectivity index (χ3n) is 2.72. The standard InChI is InChI=1S/C15H18N2O/c1-15(2,3)17-10-13(18)14-12-7-5-4-6-11(12)8-9-16-14/h4-9,17H,10H2,1-3H3. The zero-order valence-corrected chi connectivity index (χ0v) is 11.0. The van der Waals surface area contributed by atoms with Crippen molar-refractivity contribution in [3.05, 3.63) is 42.2 Å². The Labute approximate surface area is 107 Å². The van der Waals surface area contributed by atoms with Crippen LogP contribution in [0.1, 0.15) is 31.3 Å². The molecule has 1 aromatic heterocycles. The first kappa shape index (κ1) is 12.7. The van der Waals surface area contributed by atoms with Crippen LogP contribution in [0.5, 0.6) is 0 Å². The molecule has 0 aliphatic rings. The fraction of sp³-hybridized carbons (Fsp3) is 0.333. The topological polar surface area (TPSA) is 42.0 Å². The van der Waals surface area contributed by atoms with Crippen LogP contribution in [0.3, 0.4) is 0 Å². The van der Waals surface area contributed by atoms with E-state index in [1.54, 1.807) is 6.20 Å². The molecule has 1 heterocycles. The highest BCUT2D eigenvalue weighted by Crippen LogP contribution is 2.16. The molecule has 0 atom stereocenters. The van der Waals surface area contributed by atoms with Crippen LogP contribution in [0.15, 0.2) is 36.5 Å². The van der Waals surface area contributed by atoms with Crippen molar-refractivity contribution in [2.45, 2.75) is 26.3 Å². The van der Waals surface area contributed by atoms with Crippen LogP contribution in [0.2, 0.25) is 0 Å². The van der Waals surface area contributed by atoms with Crippen molar-refractivity contribution in [3.63, 3.8) is 0 Å². The summed E-state index contributed by atoms with van der Waals surface area (Å²) >= 11 is 0. The Morgan fingerprint density at radius 3 is 2.67 bits per heavy atom. The quantitative estimate of drug-likeness (QED) is 0.841. The lowest BCUT2D eigenvalue weighted by molar-refractivity contribution is 0.0979. The average molecular weight is 242 g/mol. The highest BCUT2D eigenvalue weighted by atomic mass is 16.1. The molecule has 0 aliphatic carbocycles. The van der Waals surface area contributed by atoms with Gasteiger partial charge >= 0.3 is 0 Å². The lowest BCUT2D eigenvalue weighted by atomic mass is 10.1. The molecule has 94 valence electrons. The fourth-order valence-electron chi connectivity index (χ4n) is 1.77. The summed E-state index contributed by atoms with van der Waals surface area (Å²) in [5, 5.41) is 5.16. The van der Waals surface area contributed by atoms with E-state index in [1.807, 2.05) is 51.1 Å². The molecule has 3 nitrogen and oxygen atoms in total. The van der Waals surface area contributed by atoms with E-state index in [0.29, 0.717) is 12.2 Å². The normalized spacial score (nSPS) is 11.7. The molecular formula is C15H18N2O. The summed E-state index contributed by atoms with van der Waals surface area (Å²) in [5.41, 5.74) is 0.477. The summed E-state index contributed by atoms with van der Waals surface area (Å²) in [6.45, 7) is 6.43. The van der Waals surface area contributed by atoms with Crippen LogP contribution in [-0.2, 0) is 0 Å². The maximum Gasteiger partial charge on any atom is 0.195 e. The second kappa shape index (κ2) is 4.86. The molecule has 3 heteroatoms. The number of nitrogens with one attached hydrogen (secondary N) is 1. The number of hydrogen-bond acceptors (Lipinski definition) is 3. The molecule has 0 radical (unpaired) electrons. The van der Waals surface area contributed by atoms with Crippen molar-refractivity contribution in [1.82, 2.24) is 10.3 Å². The number of aromatic nitrogens is 1. The van der Waals surface area contributed by atoms with Crippen molar-refractivity contribution >= 4 is 16.6 Å². The van der Waals surface area contributed by atoms with Crippen LogP contribution < -0.4 is 5.32 Å². The number of fused-ring (bicyclic) bond motifs is 1. The predicted octanol–water partition coefficient (Wildman–Crippen LogP) is 2.81. The summed E-state index contributed by atoms with van der Waals surface area (Å²) in [6, 6.07) is 9.74. The first-order valence-electron chi connectivity index (χ1n) is 6.09. The number of Topliss-reactive ketones (excluding diaryl/α,β-unsaturated/α-hetero) is 1. The number of carbonyl (C=O) groups excluding carboxylic acids is 1. The van der Waals surface area contributed by atoms with Gasteiger partial charge in [0.05, 0.1) is 6.54 Å². The zero-order chi connectivity index (χ0) is 13.2. The molecule has 0 amide bonds. The number of carbonyl (C=O) groups is 1. The molecule has 1 aromatic carbocycles. The van der Waals surface area contributed by atoms with E-state index in [-0.39, 0.29) is 11.3 Å². The molecule has 1 N–H and O–H groups in total. The van der Waals surface area contributed by atoms with Gasteiger partial charge in [0, 0.05) is 17.1 Å². The van der Waals surface area contributed by atoms with Crippen molar-refractivity contribution < 1.29 is 4.79 Å². The van der Waals surface area contributed by atoms with Crippen LogP contribution in [0.25, 0.3) is 10.8 Å². The summed E-state index contributed by atoms with van der Waals surface area (Å²) in [7, 11) is 0. The summed E-state index contributed by atoms with van der Waals surface area (Å²) in [5.74, 6) is 0.0294. The molecule has 0 unspecified atom stereocenters. The maximum atomic E-state index is 12.2. The molecular weight excluding hydrogens is 224 g/mol. The van der Waals surface area contributed by atoms with E-state index < -0.39 is 0 Å². The maximum absolute atomic E-state index is 12.2. The molecule has 0 saturated carbocycles. The van der Waals surface area contributed by atoms with Gasteiger partial charge in [0.15, 0.2) is 5.78 Å². The van der Waals surface area contributed by atoms with Gasteiger partial charge in [0.25, 0.3) is 0 Å². The molecule has 2 aromatic rings. The number of rotatable bonds is 3. The van der Waals surface area contributed by atoms with Gasteiger partial charge in [-0.15, -0.1) is 0 Å². The Kier molecular flexibility index (Phi) is 3.43. The Hall–Kier alpha value is -1.74. The summed E-state index contributed by atoms with van der Waals surface area (Å²) in [4.78, 5) is 16.4. The molecule has 0 bridgehead atoms. The van der Waals surface area contributed by atoms with E-state index in [9.17, 15) is 4.79 Å². The number of pyridine rings is 1. The predicted molar refractivity (Wildman–Crippen MR) is 73.8 cm³/mol. The average Bonchev–Trinajstić information content (AvgIpc) is 2.34.